The Morgan fingerprint density at radius 3 is 2.36 bits per heavy atom. The van der Waals surface area contributed by atoms with Crippen LogP contribution in [0.5, 0.6) is 0 Å². The molecule has 4 bridgehead atoms. The quantitative estimate of drug-likeness (QED) is 0.401. The standard InChI is InChI=1S/C27H36N4O2/c1-2-3-4-7-10-28-26(33)31-30-25(32)24-14-22(21-8-5-6-9-23(21)29-24)27-15-18-11-19(16-27)13-20(12-18)17-27/h5-6,8-9,14,18-20H,2-4,7,10-13,15-17H2,1H3,(H,30,32)(H2,28,31,33). The first-order valence-electron chi connectivity index (χ1n) is 12.8. The van der Waals surface area contributed by atoms with Crippen LogP contribution in [0.25, 0.3) is 10.9 Å². The molecule has 0 aliphatic heterocycles. The number of benzene rings is 1. The summed E-state index contributed by atoms with van der Waals surface area (Å²) in [5, 5.41) is 3.97. The van der Waals surface area contributed by atoms with Crippen LogP contribution < -0.4 is 16.2 Å². The van der Waals surface area contributed by atoms with Gasteiger partial charge in [0, 0.05) is 11.9 Å². The lowest BCUT2D eigenvalue weighted by molar-refractivity contribution is -0.00454. The van der Waals surface area contributed by atoms with E-state index in [0.29, 0.717) is 12.2 Å². The van der Waals surface area contributed by atoms with Gasteiger partial charge < -0.3 is 5.32 Å². The Balaban J connectivity index is 1.33. The highest BCUT2D eigenvalue weighted by atomic mass is 16.2. The molecule has 4 fully saturated rings. The van der Waals surface area contributed by atoms with E-state index >= 15 is 0 Å². The molecule has 0 radical (unpaired) electrons. The Kier molecular flexibility index (Phi) is 6.26. The fourth-order valence-electron chi connectivity index (χ4n) is 7.15. The zero-order valence-corrected chi connectivity index (χ0v) is 19.7. The summed E-state index contributed by atoms with van der Waals surface area (Å²) in [6.07, 6.45) is 12.2. The topological polar surface area (TPSA) is 83.1 Å². The number of pyridine rings is 1. The highest BCUT2D eigenvalue weighted by Gasteiger charge is 2.52. The number of hydrogen-bond donors (Lipinski definition) is 3. The molecule has 1 aromatic carbocycles. The van der Waals surface area contributed by atoms with E-state index in [4.69, 9.17) is 0 Å². The van der Waals surface area contributed by atoms with Gasteiger partial charge in [-0.2, -0.15) is 0 Å². The van der Waals surface area contributed by atoms with Crippen molar-refractivity contribution in [2.45, 2.75) is 76.5 Å². The molecule has 4 aliphatic carbocycles. The van der Waals surface area contributed by atoms with Gasteiger partial charge in [0.1, 0.15) is 5.69 Å². The van der Waals surface area contributed by atoms with E-state index in [1.807, 2.05) is 18.2 Å². The van der Waals surface area contributed by atoms with Crippen LogP contribution in [0.2, 0.25) is 0 Å². The lowest BCUT2D eigenvalue weighted by atomic mass is 9.48. The van der Waals surface area contributed by atoms with Gasteiger partial charge in [-0.05, 0) is 85.8 Å². The second-order valence-electron chi connectivity index (χ2n) is 10.7. The van der Waals surface area contributed by atoms with Crippen molar-refractivity contribution in [2.75, 3.05) is 6.54 Å². The van der Waals surface area contributed by atoms with Crippen molar-refractivity contribution < 1.29 is 9.59 Å². The molecule has 4 aliphatic rings. The third-order valence-corrected chi connectivity index (χ3v) is 8.16. The van der Waals surface area contributed by atoms with Crippen LogP contribution >= 0.6 is 0 Å². The van der Waals surface area contributed by atoms with Gasteiger partial charge in [-0.25, -0.2) is 15.2 Å². The summed E-state index contributed by atoms with van der Waals surface area (Å²) >= 11 is 0. The Hall–Kier alpha value is -2.63. The SMILES string of the molecule is CCCCCCNC(=O)NNC(=O)c1cc(C23CC4CC(CC(C4)C2)C3)c2ccccc2n1. The lowest BCUT2D eigenvalue weighted by Crippen LogP contribution is -2.49. The first-order valence-corrected chi connectivity index (χ1v) is 12.8. The summed E-state index contributed by atoms with van der Waals surface area (Å²) in [6, 6.07) is 9.82. The van der Waals surface area contributed by atoms with Crippen LogP contribution in [-0.4, -0.2) is 23.5 Å². The van der Waals surface area contributed by atoms with E-state index in [1.165, 1.54) is 55.9 Å². The normalized spacial score (nSPS) is 27.5. The number of hydrogen-bond acceptors (Lipinski definition) is 3. The fourth-order valence-corrected chi connectivity index (χ4v) is 7.15. The van der Waals surface area contributed by atoms with Crippen molar-refractivity contribution in [3.8, 4) is 0 Å². The molecule has 0 spiro atoms. The van der Waals surface area contributed by atoms with Gasteiger partial charge in [-0.15, -0.1) is 0 Å². The van der Waals surface area contributed by atoms with Gasteiger partial charge in [0.15, 0.2) is 0 Å². The number of nitrogens with one attached hydrogen (secondary N) is 3. The van der Waals surface area contributed by atoms with Crippen molar-refractivity contribution in [3.05, 3.63) is 41.6 Å². The predicted octanol–water partition coefficient (Wildman–Crippen LogP) is 5.23. The van der Waals surface area contributed by atoms with Crippen LogP contribution in [-0.2, 0) is 5.41 Å². The van der Waals surface area contributed by atoms with Crippen LogP contribution in [0.1, 0.15) is 87.2 Å². The molecule has 3 amide bonds. The molecule has 0 saturated heterocycles. The van der Waals surface area contributed by atoms with Gasteiger partial charge in [0.25, 0.3) is 5.91 Å². The molecule has 6 rings (SSSR count). The second-order valence-corrected chi connectivity index (χ2v) is 10.7. The smallest absolute Gasteiger partial charge is 0.333 e. The van der Waals surface area contributed by atoms with Gasteiger partial charge >= 0.3 is 6.03 Å². The Bertz CT molecular complexity index is 999. The average molecular weight is 449 g/mol. The summed E-state index contributed by atoms with van der Waals surface area (Å²) in [6.45, 7) is 2.76. The molecule has 176 valence electrons. The number of carbonyl (C=O) groups excluding carboxylic acids is 2. The molecule has 6 heteroatoms. The highest BCUT2D eigenvalue weighted by molar-refractivity contribution is 5.97. The number of hydrazine groups is 1. The molecule has 1 heterocycles. The summed E-state index contributed by atoms with van der Waals surface area (Å²) in [4.78, 5) is 29.7. The molecule has 6 nitrogen and oxygen atoms in total. The first-order chi connectivity index (χ1) is 16.1. The van der Waals surface area contributed by atoms with E-state index in [9.17, 15) is 9.59 Å². The third kappa shape index (κ3) is 4.57. The van der Waals surface area contributed by atoms with Gasteiger partial charge in [-0.1, -0.05) is 44.4 Å². The van der Waals surface area contributed by atoms with Gasteiger partial charge in [-0.3, -0.25) is 10.2 Å². The van der Waals surface area contributed by atoms with Crippen molar-refractivity contribution in [2.24, 2.45) is 17.8 Å². The summed E-state index contributed by atoms with van der Waals surface area (Å²) in [5.41, 5.74) is 7.73. The maximum Gasteiger partial charge on any atom is 0.333 e. The average Bonchev–Trinajstić information content (AvgIpc) is 2.81. The number of para-hydroxylation sites is 1. The molecule has 33 heavy (non-hydrogen) atoms. The monoisotopic (exact) mass is 448 g/mol. The Morgan fingerprint density at radius 2 is 1.67 bits per heavy atom. The Morgan fingerprint density at radius 1 is 0.970 bits per heavy atom. The van der Waals surface area contributed by atoms with Crippen LogP contribution in [0.3, 0.4) is 0 Å². The fraction of sp³-hybridized carbons (Fsp3) is 0.593. The number of urea groups is 1. The van der Waals surface area contributed by atoms with Crippen molar-refractivity contribution in [3.63, 3.8) is 0 Å². The second kappa shape index (κ2) is 9.32. The molecule has 0 unspecified atom stereocenters. The van der Waals surface area contributed by atoms with Crippen molar-refractivity contribution in [1.29, 1.82) is 0 Å². The van der Waals surface area contributed by atoms with E-state index in [0.717, 1.165) is 42.5 Å². The van der Waals surface area contributed by atoms with E-state index in [1.54, 1.807) is 0 Å². The third-order valence-electron chi connectivity index (χ3n) is 8.16. The van der Waals surface area contributed by atoms with Gasteiger partial charge in [0.2, 0.25) is 0 Å². The van der Waals surface area contributed by atoms with Crippen molar-refractivity contribution >= 4 is 22.8 Å². The zero-order valence-electron chi connectivity index (χ0n) is 19.7. The summed E-state index contributed by atoms with van der Waals surface area (Å²) in [5.74, 6) is 2.10. The summed E-state index contributed by atoms with van der Waals surface area (Å²) < 4.78 is 0. The van der Waals surface area contributed by atoms with Crippen molar-refractivity contribution in [1.82, 2.24) is 21.2 Å². The van der Waals surface area contributed by atoms with Crippen LogP contribution in [0, 0.1) is 17.8 Å². The number of nitrogens with zero attached hydrogens (tertiary/aromatic N) is 1. The number of carbonyl (C=O) groups is 2. The minimum Gasteiger partial charge on any atom is -0.337 e. The Labute approximate surface area is 196 Å². The molecule has 4 saturated carbocycles. The molecular formula is C27H36N4O2. The first kappa shape index (κ1) is 22.2. The molecular weight excluding hydrogens is 412 g/mol. The minimum absolute atomic E-state index is 0.162. The maximum absolute atomic E-state index is 13.0. The number of rotatable bonds is 7. The molecule has 1 aromatic heterocycles. The lowest BCUT2D eigenvalue weighted by Gasteiger charge is -2.57. The predicted molar refractivity (Wildman–Crippen MR) is 130 cm³/mol. The number of unbranched alkanes of at least 4 members (excludes halogenated alkanes) is 3. The van der Waals surface area contributed by atoms with Gasteiger partial charge in [0.05, 0.1) is 5.52 Å². The number of fused-ring (bicyclic) bond motifs is 1. The maximum atomic E-state index is 13.0. The molecule has 3 N–H and O–H groups in total. The highest BCUT2D eigenvalue weighted by Crippen LogP contribution is 2.61. The van der Waals surface area contributed by atoms with E-state index in [-0.39, 0.29) is 17.4 Å². The number of amides is 3. The number of aromatic nitrogens is 1. The summed E-state index contributed by atoms with van der Waals surface area (Å²) in [7, 11) is 0. The van der Waals surface area contributed by atoms with E-state index < -0.39 is 0 Å². The van der Waals surface area contributed by atoms with Crippen LogP contribution in [0.15, 0.2) is 30.3 Å². The largest absolute Gasteiger partial charge is 0.337 e. The van der Waals surface area contributed by atoms with E-state index in [2.05, 4.69) is 40.2 Å². The molecule has 0 atom stereocenters. The minimum atomic E-state index is -0.387. The van der Waals surface area contributed by atoms with Crippen LogP contribution in [0.4, 0.5) is 4.79 Å². The molecule has 2 aromatic rings. The zero-order chi connectivity index (χ0) is 22.8.